The van der Waals surface area contributed by atoms with E-state index in [0.717, 1.165) is 16.8 Å². The minimum atomic E-state index is -0.606. The number of rotatable bonds is 2. The lowest BCUT2D eigenvalue weighted by Gasteiger charge is -2.41. The van der Waals surface area contributed by atoms with Gasteiger partial charge in [0.25, 0.3) is 5.91 Å². The molecule has 2 N–H and O–H groups in total. The number of fused-ring (bicyclic) bond motifs is 4. The number of hydrogen-bond acceptors (Lipinski definition) is 4. The molecule has 0 radical (unpaired) electrons. The summed E-state index contributed by atoms with van der Waals surface area (Å²) < 4.78 is 13.8. The van der Waals surface area contributed by atoms with Gasteiger partial charge >= 0.3 is 0 Å². The van der Waals surface area contributed by atoms with Gasteiger partial charge in [-0.3, -0.25) is 9.78 Å². The molecule has 0 saturated carbocycles. The average molecular weight is 348 g/mol. The van der Waals surface area contributed by atoms with Crippen LogP contribution < -0.4 is 10.5 Å². The molecule has 4 heterocycles. The van der Waals surface area contributed by atoms with Gasteiger partial charge in [0.1, 0.15) is 17.0 Å². The topological polar surface area (TPSA) is 79.4 Å². The Labute approximate surface area is 144 Å². The van der Waals surface area contributed by atoms with Crippen molar-refractivity contribution in [3.8, 4) is 17.0 Å². The molecule has 126 valence electrons. The number of aromatic nitrogens is 2. The van der Waals surface area contributed by atoms with Crippen molar-refractivity contribution >= 4 is 17.5 Å². The molecule has 1 amide bonds. The average Bonchev–Trinajstić information content (AvgIpc) is 2.89. The first-order valence-electron chi connectivity index (χ1n) is 8.02. The summed E-state index contributed by atoms with van der Waals surface area (Å²) in [5, 5.41) is 0.392. The van der Waals surface area contributed by atoms with Crippen molar-refractivity contribution in [3.63, 3.8) is 0 Å². The lowest BCUT2D eigenvalue weighted by Crippen LogP contribution is -2.41. The standard InChI is InChI=1S/C17H18ClN3O3/c1-2-21-14-10-3-6-20-9-11(10)24-17(4-7-23-8-5-17)12(14)13(18)15(21)16(19)22/h3,6,9H,2,4-5,7-8H2,1H3,(H2,19,22). The molecule has 6 nitrogen and oxygen atoms in total. The second-order valence-corrected chi connectivity index (χ2v) is 6.45. The Morgan fingerprint density at radius 2 is 2.21 bits per heavy atom. The Kier molecular flexibility index (Phi) is 3.54. The first-order valence-corrected chi connectivity index (χ1v) is 8.40. The molecule has 0 atom stereocenters. The van der Waals surface area contributed by atoms with Gasteiger partial charge in [-0.15, -0.1) is 0 Å². The highest BCUT2D eigenvalue weighted by molar-refractivity contribution is 6.35. The zero-order chi connectivity index (χ0) is 16.9. The van der Waals surface area contributed by atoms with Crippen molar-refractivity contribution in [3.05, 3.63) is 34.7 Å². The van der Waals surface area contributed by atoms with Gasteiger partial charge in [0, 0.05) is 36.7 Å². The molecule has 0 unspecified atom stereocenters. The van der Waals surface area contributed by atoms with E-state index in [9.17, 15) is 4.79 Å². The molecule has 2 aromatic rings. The summed E-state index contributed by atoms with van der Waals surface area (Å²) in [6, 6.07) is 1.88. The maximum absolute atomic E-state index is 12.0. The second-order valence-electron chi connectivity index (χ2n) is 6.08. The molecule has 24 heavy (non-hydrogen) atoms. The van der Waals surface area contributed by atoms with E-state index in [-0.39, 0.29) is 0 Å². The van der Waals surface area contributed by atoms with Crippen LogP contribution in [0.25, 0.3) is 11.3 Å². The Morgan fingerprint density at radius 1 is 1.46 bits per heavy atom. The van der Waals surface area contributed by atoms with Crippen molar-refractivity contribution in [1.82, 2.24) is 9.55 Å². The van der Waals surface area contributed by atoms with E-state index in [1.807, 2.05) is 17.6 Å². The van der Waals surface area contributed by atoms with Gasteiger partial charge in [-0.1, -0.05) is 11.6 Å². The second kappa shape index (κ2) is 5.50. The minimum absolute atomic E-state index is 0.336. The van der Waals surface area contributed by atoms with E-state index >= 15 is 0 Å². The van der Waals surface area contributed by atoms with Crippen molar-refractivity contribution in [1.29, 1.82) is 0 Å². The van der Waals surface area contributed by atoms with Crippen molar-refractivity contribution in [2.75, 3.05) is 13.2 Å². The van der Waals surface area contributed by atoms with Crippen LogP contribution in [0, 0.1) is 0 Å². The summed E-state index contributed by atoms with van der Waals surface area (Å²) in [4.78, 5) is 16.2. The molecule has 0 aromatic carbocycles. The van der Waals surface area contributed by atoms with E-state index in [4.69, 9.17) is 26.8 Å². The highest BCUT2D eigenvalue weighted by Gasteiger charge is 2.47. The zero-order valence-corrected chi connectivity index (χ0v) is 14.1. The Hall–Kier alpha value is -2.05. The highest BCUT2D eigenvalue weighted by atomic mass is 35.5. The van der Waals surface area contributed by atoms with Gasteiger partial charge in [-0.2, -0.15) is 0 Å². The summed E-state index contributed by atoms with van der Waals surface area (Å²) in [6.07, 6.45) is 4.75. The smallest absolute Gasteiger partial charge is 0.266 e. The number of nitrogens with zero attached hydrogens (tertiary/aromatic N) is 2. The highest BCUT2D eigenvalue weighted by Crippen LogP contribution is 2.53. The van der Waals surface area contributed by atoms with Gasteiger partial charge in [0.2, 0.25) is 0 Å². The Bertz CT molecular complexity index is 825. The number of nitrogens with two attached hydrogens (primary N) is 1. The number of primary amides is 1. The maximum atomic E-state index is 12.0. The number of carbonyl (C=O) groups excluding carboxylic acids is 1. The van der Waals surface area contributed by atoms with E-state index in [1.165, 1.54) is 0 Å². The monoisotopic (exact) mass is 347 g/mol. The molecule has 0 bridgehead atoms. The van der Waals surface area contributed by atoms with Crippen LogP contribution in [0.4, 0.5) is 0 Å². The van der Waals surface area contributed by atoms with Crippen molar-refractivity contribution in [2.45, 2.75) is 31.9 Å². The molecular weight excluding hydrogens is 330 g/mol. The summed E-state index contributed by atoms with van der Waals surface area (Å²) in [5.74, 6) is 0.167. The van der Waals surface area contributed by atoms with E-state index in [2.05, 4.69) is 4.98 Å². The van der Waals surface area contributed by atoms with Gasteiger partial charge in [0.05, 0.1) is 30.1 Å². The molecule has 0 aliphatic carbocycles. The molecule has 1 spiro atoms. The predicted molar refractivity (Wildman–Crippen MR) is 89.2 cm³/mol. The van der Waals surface area contributed by atoms with Crippen LogP contribution in [0.1, 0.15) is 35.8 Å². The Morgan fingerprint density at radius 3 is 2.88 bits per heavy atom. The number of halogens is 1. The van der Waals surface area contributed by atoms with E-state index in [1.54, 1.807) is 12.4 Å². The summed E-state index contributed by atoms with van der Waals surface area (Å²) in [6.45, 7) is 3.71. The first kappa shape index (κ1) is 15.5. The predicted octanol–water partition coefficient (Wildman–Crippen LogP) is 2.72. The first-order chi connectivity index (χ1) is 11.6. The van der Waals surface area contributed by atoms with Gasteiger partial charge in [0.15, 0.2) is 0 Å². The molecule has 2 aromatic heterocycles. The number of carbonyl (C=O) groups is 1. The maximum Gasteiger partial charge on any atom is 0.266 e. The zero-order valence-electron chi connectivity index (χ0n) is 13.3. The molecule has 1 saturated heterocycles. The van der Waals surface area contributed by atoms with Crippen LogP contribution in [-0.2, 0) is 16.9 Å². The third-order valence-electron chi connectivity index (χ3n) is 4.85. The van der Waals surface area contributed by atoms with Crippen LogP contribution in [0.2, 0.25) is 5.02 Å². The molecule has 2 aliphatic rings. The van der Waals surface area contributed by atoms with E-state index in [0.29, 0.717) is 49.1 Å². The van der Waals surface area contributed by atoms with Crippen LogP contribution in [0.5, 0.6) is 5.75 Å². The van der Waals surface area contributed by atoms with Crippen molar-refractivity contribution in [2.24, 2.45) is 5.73 Å². The number of pyridine rings is 1. The minimum Gasteiger partial charge on any atom is -0.480 e. The normalized spacial score (nSPS) is 17.9. The summed E-state index contributed by atoms with van der Waals surface area (Å²) >= 11 is 6.65. The molecule has 7 heteroatoms. The van der Waals surface area contributed by atoms with Crippen LogP contribution in [0.3, 0.4) is 0 Å². The fraction of sp³-hybridized carbons (Fsp3) is 0.412. The fourth-order valence-corrected chi connectivity index (χ4v) is 4.27. The fourth-order valence-electron chi connectivity index (χ4n) is 3.81. The molecule has 4 rings (SSSR count). The molecular formula is C17H18ClN3O3. The third-order valence-corrected chi connectivity index (χ3v) is 5.22. The van der Waals surface area contributed by atoms with E-state index < -0.39 is 11.5 Å². The van der Waals surface area contributed by atoms with Gasteiger partial charge in [-0.25, -0.2) is 0 Å². The van der Waals surface area contributed by atoms with Crippen LogP contribution in [0.15, 0.2) is 18.5 Å². The molecule has 2 aliphatic heterocycles. The summed E-state index contributed by atoms with van der Waals surface area (Å²) in [7, 11) is 0. The van der Waals surface area contributed by atoms with Gasteiger partial charge < -0.3 is 19.8 Å². The SMILES string of the molecule is CCn1c(C(N)=O)c(Cl)c2c1-c1ccncc1OC21CCOCC1. The van der Waals surface area contributed by atoms with Crippen molar-refractivity contribution < 1.29 is 14.3 Å². The largest absolute Gasteiger partial charge is 0.480 e. The number of amides is 1. The quantitative estimate of drug-likeness (QED) is 0.905. The van der Waals surface area contributed by atoms with Crippen LogP contribution >= 0.6 is 11.6 Å². The molecule has 1 fully saturated rings. The number of hydrogen-bond donors (Lipinski definition) is 1. The third kappa shape index (κ3) is 1.99. The number of ether oxygens (including phenoxy) is 2. The summed E-state index contributed by atoms with van der Waals surface area (Å²) in [5.41, 5.74) is 7.99. The lowest BCUT2D eigenvalue weighted by molar-refractivity contribution is -0.0516. The van der Waals surface area contributed by atoms with Crippen LogP contribution in [-0.4, -0.2) is 28.7 Å². The lowest BCUT2D eigenvalue weighted by atomic mass is 9.82. The van der Waals surface area contributed by atoms with Gasteiger partial charge in [-0.05, 0) is 13.0 Å². The Balaban J connectivity index is 2.08.